The van der Waals surface area contributed by atoms with Crippen molar-refractivity contribution in [3.63, 3.8) is 0 Å². The Labute approximate surface area is 168 Å². The van der Waals surface area contributed by atoms with Gasteiger partial charge in [0.2, 0.25) is 10.0 Å². The molecule has 10 heteroatoms. The highest BCUT2D eigenvalue weighted by molar-refractivity contribution is 7.89. The van der Waals surface area contributed by atoms with Crippen molar-refractivity contribution in [3.8, 4) is 11.5 Å². The number of aliphatic imine (C=N–C) groups is 1. The lowest BCUT2D eigenvalue weighted by molar-refractivity contribution is -0.384. The molecule has 1 heterocycles. The summed E-state index contributed by atoms with van der Waals surface area (Å²) >= 11 is 0. The molecule has 1 aliphatic heterocycles. The summed E-state index contributed by atoms with van der Waals surface area (Å²) in [6.45, 7) is 0.918. The zero-order valence-corrected chi connectivity index (χ0v) is 16.6. The first-order valence-electron chi connectivity index (χ1n) is 9.02. The number of ether oxygens (including phenoxy) is 1. The number of phenols is 1. The van der Waals surface area contributed by atoms with Gasteiger partial charge in [0.15, 0.2) is 0 Å². The second-order valence-corrected chi connectivity index (χ2v) is 8.46. The van der Waals surface area contributed by atoms with Crippen LogP contribution in [0.5, 0.6) is 11.5 Å². The van der Waals surface area contributed by atoms with Crippen LogP contribution in [0.25, 0.3) is 0 Å². The molecule has 0 bridgehead atoms. The minimum absolute atomic E-state index is 0.0137. The fraction of sp³-hybridized carbons (Fsp3) is 0.316. The van der Waals surface area contributed by atoms with Gasteiger partial charge in [0.1, 0.15) is 16.4 Å². The van der Waals surface area contributed by atoms with E-state index in [-0.39, 0.29) is 27.6 Å². The van der Waals surface area contributed by atoms with Gasteiger partial charge < -0.3 is 9.84 Å². The Morgan fingerprint density at radius 1 is 1.17 bits per heavy atom. The first kappa shape index (κ1) is 20.7. The van der Waals surface area contributed by atoms with Crippen molar-refractivity contribution >= 4 is 27.6 Å². The number of non-ortho nitro benzene ring substituents is 1. The van der Waals surface area contributed by atoms with Gasteiger partial charge in [-0.25, -0.2) is 8.42 Å². The van der Waals surface area contributed by atoms with Gasteiger partial charge in [-0.2, -0.15) is 4.31 Å². The number of rotatable bonds is 6. The zero-order valence-electron chi connectivity index (χ0n) is 15.8. The summed E-state index contributed by atoms with van der Waals surface area (Å²) in [6.07, 6.45) is 3.87. The number of nitro benzene ring substituents is 1. The standard InChI is InChI=1S/C19H21N3O6S/c1-28-18-8-5-15(12-19(18)29(26,27)21-9-3-2-4-10-21)20-13-14-11-16(22(24)25)6-7-17(14)23/h5-8,11-13,23H,2-4,9-10H2,1H3. The molecule has 1 N–H and O–H groups in total. The number of sulfonamides is 1. The molecule has 29 heavy (non-hydrogen) atoms. The van der Waals surface area contributed by atoms with Crippen molar-refractivity contribution in [2.45, 2.75) is 24.2 Å². The Morgan fingerprint density at radius 3 is 2.55 bits per heavy atom. The molecular formula is C19H21N3O6S. The highest BCUT2D eigenvalue weighted by Crippen LogP contribution is 2.32. The first-order valence-corrected chi connectivity index (χ1v) is 10.5. The molecule has 1 aliphatic rings. The van der Waals surface area contributed by atoms with Crippen molar-refractivity contribution in [3.05, 3.63) is 52.1 Å². The fourth-order valence-electron chi connectivity index (χ4n) is 3.09. The molecule has 3 rings (SSSR count). The molecule has 0 unspecified atom stereocenters. The Kier molecular flexibility index (Phi) is 6.14. The van der Waals surface area contributed by atoms with E-state index in [4.69, 9.17) is 4.74 Å². The van der Waals surface area contributed by atoms with E-state index < -0.39 is 14.9 Å². The molecule has 9 nitrogen and oxygen atoms in total. The number of nitrogens with zero attached hydrogens (tertiary/aromatic N) is 3. The summed E-state index contributed by atoms with van der Waals surface area (Å²) < 4.78 is 32.8. The number of nitro groups is 1. The predicted octanol–water partition coefficient (Wildman–Crippen LogP) is 3.23. The zero-order chi connectivity index (χ0) is 21.0. The first-order chi connectivity index (χ1) is 13.8. The minimum atomic E-state index is -3.74. The van der Waals surface area contributed by atoms with E-state index in [1.807, 2.05) is 0 Å². The number of methoxy groups -OCH3 is 1. The molecule has 0 radical (unpaired) electrons. The minimum Gasteiger partial charge on any atom is -0.507 e. The van der Waals surface area contributed by atoms with Crippen LogP contribution in [0.3, 0.4) is 0 Å². The number of aromatic hydroxyl groups is 1. The molecule has 2 aromatic carbocycles. The smallest absolute Gasteiger partial charge is 0.270 e. The highest BCUT2D eigenvalue weighted by Gasteiger charge is 2.29. The summed E-state index contributed by atoms with van der Waals surface area (Å²) in [5, 5.41) is 20.8. The van der Waals surface area contributed by atoms with E-state index in [9.17, 15) is 23.6 Å². The van der Waals surface area contributed by atoms with Gasteiger partial charge in [-0.1, -0.05) is 6.42 Å². The third-order valence-electron chi connectivity index (χ3n) is 4.65. The Bertz CT molecular complexity index is 1050. The van der Waals surface area contributed by atoms with Crippen molar-refractivity contribution in [1.29, 1.82) is 0 Å². The Balaban J connectivity index is 1.96. The summed E-state index contributed by atoms with van der Waals surface area (Å²) in [6, 6.07) is 8.06. The van der Waals surface area contributed by atoms with Crippen LogP contribution < -0.4 is 4.74 Å². The predicted molar refractivity (Wildman–Crippen MR) is 108 cm³/mol. The molecule has 0 aliphatic carbocycles. The van der Waals surface area contributed by atoms with Gasteiger partial charge in [0, 0.05) is 37.0 Å². The molecule has 0 saturated carbocycles. The van der Waals surface area contributed by atoms with Crippen LogP contribution in [-0.2, 0) is 10.0 Å². The van der Waals surface area contributed by atoms with Crippen LogP contribution in [0, 0.1) is 10.1 Å². The molecule has 154 valence electrons. The Hall–Kier alpha value is -2.98. The molecule has 1 saturated heterocycles. The number of benzene rings is 2. The van der Waals surface area contributed by atoms with Crippen LogP contribution in [0.15, 0.2) is 46.3 Å². The van der Waals surface area contributed by atoms with Crippen molar-refractivity contribution in [2.75, 3.05) is 20.2 Å². The Morgan fingerprint density at radius 2 is 1.90 bits per heavy atom. The van der Waals surface area contributed by atoms with Crippen molar-refractivity contribution in [2.24, 2.45) is 4.99 Å². The topological polar surface area (TPSA) is 122 Å². The third-order valence-corrected chi connectivity index (χ3v) is 6.57. The van der Waals surface area contributed by atoms with E-state index in [2.05, 4.69) is 4.99 Å². The summed E-state index contributed by atoms with van der Waals surface area (Å²) in [7, 11) is -2.34. The molecule has 2 aromatic rings. The molecular weight excluding hydrogens is 398 g/mol. The molecule has 0 spiro atoms. The fourth-order valence-corrected chi connectivity index (χ4v) is 4.79. The van der Waals surface area contributed by atoms with Crippen LogP contribution in [-0.4, -0.2) is 49.2 Å². The quantitative estimate of drug-likeness (QED) is 0.436. The number of hydrogen-bond acceptors (Lipinski definition) is 7. The number of piperidine rings is 1. The second-order valence-electron chi connectivity index (χ2n) is 6.56. The van der Waals surface area contributed by atoms with Gasteiger partial charge in [-0.05, 0) is 37.1 Å². The lowest BCUT2D eigenvalue weighted by atomic mass is 10.2. The van der Waals surface area contributed by atoms with Gasteiger partial charge in [-0.15, -0.1) is 0 Å². The average molecular weight is 419 g/mol. The molecule has 0 atom stereocenters. The van der Waals surface area contributed by atoms with Crippen LogP contribution >= 0.6 is 0 Å². The molecule has 0 aromatic heterocycles. The van der Waals surface area contributed by atoms with Gasteiger partial charge in [0.05, 0.1) is 17.7 Å². The van der Waals surface area contributed by atoms with E-state index >= 15 is 0 Å². The molecule has 0 amide bonds. The lowest BCUT2D eigenvalue weighted by Gasteiger charge is -2.26. The van der Waals surface area contributed by atoms with Crippen LogP contribution in [0.2, 0.25) is 0 Å². The lowest BCUT2D eigenvalue weighted by Crippen LogP contribution is -2.35. The monoisotopic (exact) mass is 419 g/mol. The number of hydrogen-bond donors (Lipinski definition) is 1. The van der Waals surface area contributed by atoms with E-state index in [1.165, 1.54) is 48.0 Å². The maximum Gasteiger partial charge on any atom is 0.270 e. The van der Waals surface area contributed by atoms with Gasteiger partial charge >= 0.3 is 0 Å². The summed E-state index contributed by atoms with van der Waals surface area (Å²) in [4.78, 5) is 14.5. The normalized spacial score (nSPS) is 15.5. The number of phenolic OH excluding ortho intramolecular Hbond substituents is 1. The largest absolute Gasteiger partial charge is 0.507 e. The maximum atomic E-state index is 13.0. The van der Waals surface area contributed by atoms with Crippen LogP contribution in [0.1, 0.15) is 24.8 Å². The second kappa shape index (κ2) is 8.58. The van der Waals surface area contributed by atoms with Gasteiger partial charge in [0.25, 0.3) is 5.69 Å². The molecule has 1 fully saturated rings. The van der Waals surface area contributed by atoms with Crippen molar-refractivity contribution < 1.29 is 23.2 Å². The highest BCUT2D eigenvalue weighted by atomic mass is 32.2. The SMILES string of the molecule is COc1ccc(N=Cc2cc([N+](=O)[O-])ccc2O)cc1S(=O)(=O)N1CCCCC1. The van der Waals surface area contributed by atoms with Gasteiger partial charge in [-0.3, -0.25) is 15.1 Å². The van der Waals surface area contributed by atoms with E-state index in [0.29, 0.717) is 18.8 Å². The average Bonchev–Trinajstić information content (AvgIpc) is 2.73. The third kappa shape index (κ3) is 4.54. The van der Waals surface area contributed by atoms with Crippen molar-refractivity contribution in [1.82, 2.24) is 4.31 Å². The van der Waals surface area contributed by atoms with E-state index in [0.717, 1.165) is 19.3 Å². The van der Waals surface area contributed by atoms with E-state index in [1.54, 1.807) is 6.07 Å². The summed E-state index contributed by atoms with van der Waals surface area (Å²) in [5.74, 6) is 0.0433. The van der Waals surface area contributed by atoms with Crippen LogP contribution in [0.4, 0.5) is 11.4 Å². The maximum absolute atomic E-state index is 13.0. The summed E-state index contributed by atoms with van der Waals surface area (Å²) in [5.41, 5.74) is 0.273.